The van der Waals surface area contributed by atoms with Gasteiger partial charge in [0.1, 0.15) is 0 Å². The average molecular weight is 242 g/mol. The lowest BCUT2D eigenvalue weighted by Gasteiger charge is -2.37. The quantitative estimate of drug-likeness (QED) is 0.661. The molecular weight excluding hydrogens is 220 g/mol. The van der Waals surface area contributed by atoms with E-state index in [1.165, 1.54) is 16.7 Å². The summed E-state index contributed by atoms with van der Waals surface area (Å²) in [5.41, 5.74) is 5.99. The van der Waals surface area contributed by atoms with Crippen LogP contribution in [0.1, 0.15) is 61.7 Å². The number of allylic oxidation sites excluding steroid dienone is 2. The molecule has 0 radical (unpaired) electrons. The maximum Gasteiger partial charge on any atom is 0.160 e. The van der Waals surface area contributed by atoms with Gasteiger partial charge in [-0.1, -0.05) is 32.9 Å². The summed E-state index contributed by atoms with van der Waals surface area (Å²) >= 11 is 0. The van der Waals surface area contributed by atoms with Gasteiger partial charge in [-0.15, -0.1) is 0 Å². The lowest BCUT2D eigenvalue weighted by molar-refractivity contribution is 0.101. The van der Waals surface area contributed by atoms with Gasteiger partial charge in [-0.05, 0) is 60.4 Å². The summed E-state index contributed by atoms with van der Waals surface area (Å²) in [6.45, 7) is 12.7. The molecule has 0 saturated heterocycles. The van der Waals surface area contributed by atoms with Crippen LogP contribution in [0.3, 0.4) is 0 Å². The first-order valence-corrected chi connectivity index (χ1v) is 6.60. The Kier molecular flexibility index (Phi) is 2.96. The Labute approximate surface area is 110 Å². The summed E-state index contributed by atoms with van der Waals surface area (Å²) in [7, 11) is 0. The lowest BCUT2D eigenvalue weighted by atomic mass is 9.67. The van der Waals surface area contributed by atoms with Crippen molar-refractivity contribution in [2.75, 3.05) is 0 Å². The number of Topliss-reactive ketones (excluding diaryl/α,β-unsaturated/α-hetero) is 1. The molecule has 96 valence electrons. The normalized spacial score (nSPS) is 21.2. The van der Waals surface area contributed by atoms with Crippen molar-refractivity contribution < 1.29 is 4.79 Å². The third-order valence-corrected chi connectivity index (χ3v) is 4.50. The third-order valence-electron chi connectivity index (χ3n) is 4.50. The molecule has 1 aromatic rings. The second kappa shape index (κ2) is 4.08. The molecular formula is C17H22O. The minimum Gasteiger partial charge on any atom is -0.295 e. The molecule has 1 aromatic carbocycles. The van der Waals surface area contributed by atoms with Crippen LogP contribution in [0.4, 0.5) is 0 Å². The first-order valence-electron chi connectivity index (χ1n) is 6.60. The molecule has 1 aliphatic carbocycles. The number of rotatable bonds is 1. The minimum atomic E-state index is 0.134. The summed E-state index contributed by atoms with van der Waals surface area (Å²) < 4.78 is 0. The Hall–Kier alpha value is -1.37. The number of ketones is 1. The SMILES string of the molecule is CC(=O)c1cc2c(cc1C)C(C)(C)C(C)C=C2C. The van der Waals surface area contributed by atoms with Gasteiger partial charge in [0.25, 0.3) is 0 Å². The smallest absolute Gasteiger partial charge is 0.160 e. The van der Waals surface area contributed by atoms with E-state index in [-0.39, 0.29) is 11.2 Å². The van der Waals surface area contributed by atoms with Crippen molar-refractivity contribution in [1.82, 2.24) is 0 Å². The predicted octanol–water partition coefficient (Wildman–Crippen LogP) is 4.53. The summed E-state index contributed by atoms with van der Waals surface area (Å²) in [5.74, 6) is 0.673. The molecule has 0 spiro atoms. The molecule has 2 rings (SSSR count). The minimum absolute atomic E-state index is 0.134. The Morgan fingerprint density at radius 2 is 1.83 bits per heavy atom. The van der Waals surface area contributed by atoms with E-state index in [4.69, 9.17) is 0 Å². The lowest BCUT2D eigenvalue weighted by Crippen LogP contribution is -2.30. The topological polar surface area (TPSA) is 17.1 Å². The predicted molar refractivity (Wildman–Crippen MR) is 77.0 cm³/mol. The van der Waals surface area contributed by atoms with E-state index in [0.717, 1.165) is 11.1 Å². The van der Waals surface area contributed by atoms with Gasteiger partial charge in [-0.2, -0.15) is 0 Å². The summed E-state index contributed by atoms with van der Waals surface area (Å²) in [6.07, 6.45) is 2.32. The van der Waals surface area contributed by atoms with Crippen LogP contribution in [-0.4, -0.2) is 5.78 Å². The van der Waals surface area contributed by atoms with Crippen molar-refractivity contribution in [3.63, 3.8) is 0 Å². The third kappa shape index (κ3) is 1.82. The molecule has 1 aliphatic rings. The van der Waals surface area contributed by atoms with Crippen molar-refractivity contribution >= 4 is 11.4 Å². The van der Waals surface area contributed by atoms with Gasteiger partial charge in [-0.25, -0.2) is 0 Å². The van der Waals surface area contributed by atoms with Crippen LogP contribution in [0.2, 0.25) is 0 Å². The molecule has 1 unspecified atom stereocenters. The number of carbonyl (C=O) groups is 1. The van der Waals surface area contributed by atoms with E-state index in [2.05, 4.69) is 45.9 Å². The zero-order valence-electron chi connectivity index (χ0n) is 12.2. The standard InChI is InChI=1S/C17H22O/c1-10-7-12(3)17(5,6)16-8-11(2)14(13(4)18)9-15(10)16/h7-9,12H,1-6H3. The molecule has 0 bridgehead atoms. The highest BCUT2D eigenvalue weighted by atomic mass is 16.1. The fourth-order valence-corrected chi connectivity index (χ4v) is 2.86. The molecule has 0 aliphatic heterocycles. The fraction of sp³-hybridized carbons (Fsp3) is 0.471. The maximum atomic E-state index is 11.7. The average Bonchev–Trinajstić information content (AvgIpc) is 2.26. The van der Waals surface area contributed by atoms with Crippen LogP contribution in [0.15, 0.2) is 18.2 Å². The van der Waals surface area contributed by atoms with E-state index < -0.39 is 0 Å². The largest absolute Gasteiger partial charge is 0.295 e. The van der Waals surface area contributed by atoms with Gasteiger partial charge in [-0.3, -0.25) is 4.79 Å². The Bertz CT molecular complexity index is 547. The van der Waals surface area contributed by atoms with Crippen LogP contribution < -0.4 is 0 Å². The van der Waals surface area contributed by atoms with Crippen molar-refractivity contribution in [2.45, 2.75) is 47.0 Å². The molecule has 0 saturated carbocycles. The van der Waals surface area contributed by atoms with E-state index >= 15 is 0 Å². The van der Waals surface area contributed by atoms with Crippen LogP contribution in [0.25, 0.3) is 5.57 Å². The second-order valence-corrected chi connectivity index (χ2v) is 6.13. The monoisotopic (exact) mass is 242 g/mol. The first-order chi connectivity index (χ1) is 8.25. The maximum absolute atomic E-state index is 11.7. The van der Waals surface area contributed by atoms with Crippen LogP contribution in [0, 0.1) is 12.8 Å². The number of hydrogen-bond acceptors (Lipinski definition) is 1. The van der Waals surface area contributed by atoms with Crippen molar-refractivity contribution in [3.05, 3.63) is 40.5 Å². The molecule has 0 aromatic heterocycles. The number of benzene rings is 1. The molecule has 1 heteroatoms. The van der Waals surface area contributed by atoms with Crippen molar-refractivity contribution in [3.8, 4) is 0 Å². The zero-order valence-corrected chi connectivity index (χ0v) is 12.2. The van der Waals surface area contributed by atoms with Gasteiger partial charge in [0.05, 0.1) is 0 Å². The molecule has 0 fully saturated rings. The van der Waals surface area contributed by atoms with E-state index in [1.54, 1.807) is 6.92 Å². The number of aryl methyl sites for hydroxylation is 1. The zero-order chi connectivity index (χ0) is 13.7. The Morgan fingerprint density at radius 3 is 2.39 bits per heavy atom. The fourth-order valence-electron chi connectivity index (χ4n) is 2.86. The van der Waals surface area contributed by atoms with E-state index in [9.17, 15) is 4.79 Å². The van der Waals surface area contributed by atoms with Gasteiger partial charge in [0.15, 0.2) is 5.78 Å². The van der Waals surface area contributed by atoms with E-state index in [0.29, 0.717) is 5.92 Å². The first kappa shape index (κ1) is 13.1. The highest BCUT2D eigenvalue weighted by molar-refractivity contribution is 5.96. The van der Waals surface area contributed by atoms with Crippen LogP contribution >= 0.6 is 0 Å². The molecule has 1 nitrogen and oxygen atoms in total. The molecule has 18 heavy (non-hydrogen) atoms. The van der Waals surface area contributed by atoms with Crippen molar-refractivity contribution in [1.29, 1.82) is 0 Å². The number of hydrogen-bond donors (Lipinski definition) is 0. The number of carbonyl (C=O) groups excluding carboxylic acids is 1. The summed E-state index contributed by atoms with van der Waals surface area (Å²) in [6, 6.07) is 4.28. The second-order valence-electron chi connectivity index (χ2n) is 6.13. The van der Waals surface area contributed by atoms with Crippen molar-refractivity contribution in [2.24, 2.45) is 5.92 Å². The van der Waals surface area contributed by atoms with Crippen LogP contribution in [-0.2, 0) is 5.41 Å². The summed E-state index contributed by atoms with van der Waals surface area (Å²) in [4.78, 5) is 11.7. The van der Waals surface area contributed by atoms with Gasteiger partial charge >= 0.3 is 0 Å². The Balaban J connectivity index is 2.74. The van der Waals surface area contributed by atoms with Crippen LogP contribution in [0.5, 0.6) is 0 Å². The van der Waals surface area contributed by atoms with Gasteiger partial charge in [0, 0.05) is 5.56 Å². The summed E-state index contributed by atoms with van der Waals surface area (Å²) in [5, 5.41) is 0. The highest BCUT2D eigenvalue weighted by Gasteiger charge is 2.33. The molecule has 0 amide bonds. The molecule has 0 N–H and O–H groups in total. The van der Waals surface area contributed by atoms with E-state index in [1.807, 2.05) is 6.92 Å². The Morgan fingerprint density at radius 1 is 1.22 bits per heavy atom. The van der Waals surface area contributed by atoms with Gasteiger partial charge < -0.3 is 0 Å². The molecule has 0 heterocycles. The van der Waals surface area contributed by atoms with Gasteiger partial charge in [0.2, 0.25) is 0 Å². The number of fused-ring (bicyclic) bond motifs is 1. The molecule has 1 atom stereocenters. The highest BCUT2D eigenvalue weighted by Crippen LogP contribution is 2.43.